The summed E-state index contributed by atoms with van der Waals surface area (Å²) in [5, 5.41) is 0. The summed E-state index contributed by atoms with van der Waals surface area (Å²) in [5.41, 5.74) is 0. The summed E-state index contributed by atoms with van der Waals surface area (Å²) in [6, 6.07) is 7.56. The van der Waals surface area contributed by atoms with E-state index in [9.17, 15) is 0 Å². The Balaban J connectivity index is 0.00000106. The van der Waals surface area contributed by atoms with Crippen LogP contribution in [0.5, 0.6) is 11.5 Å². The maximum atomic E-state index is 5.53. The first-order valence-corrected chi connectivity index (χ1v) is 5.56. The van der Waals surface area contributed by atoms with Crippen LogP contribution in [0.25, 0.3) is 0 Å². The van der Waals surface area contributed by atoms with Crippen LogP contribution in [0, 0.1) is 0 Å². The summed E-state index contributed by atoms with van der Waals surface area (Å²) in [5.74, 6) is 1.50. The average molecular weight is 226 g/mol. The van der Waals surface area contributed by atoms with Gasteiger partial charge in [0.15, 0.2) is 11.5 Å². The van der Waals surface area contributed by atoms with Gasteiger partial charge in [-0.2, -0.15) is 0 Å². The normalized spacial score (nSPS) is 11.1. The van der Waals surface area contributed by atoms with E-state index in [2.05, 4.69) is 0 Å². The molecule has 3 nitrogen and oxygen atoms in total. The van der Waals surface area contributed by atoms with Gasteiger partial charge in [-0.15, -0.1) is 0 Å². The standard InChI is InChI=1S/C11H16O3.C2H6/c1-9(12-2)8-14-11-7-5-4-6-10(11)13-3;1-2/h4-7,9H,8H2,1-3H3;1-2H3. The number of ether oxygens (including phenoxy) is 3. The fraction of sp³-hybridized carbons (Fsp3) is 0.538. The highest BCUT2D eigenvalue weighted by Gasteiger charge is 2.04. The lowest BCUT2D eigenvalue weighted by molar-refractivity contribution is 0.0706. The smallest absolute Gasteiger partial charge is 0.161 e. The number of methoxy groups -OCH3 is 2. The van der Waals surface area contributed by atoms with Gasteiger partial charge in [0.25, 0.3) is 0 Å². The number of hydrogen-bond donors (Lipinski definition) is 0. The molecule has 0 heterocycles. The molecule has 0 fully saturated rings. The van der Waals surface area contributed by atoms with E-state index in [0.29, 0.717) is 6.61 Å². The molecule has 1 rings (SSSR count). The SMILES string of the molecule is CC.COc1ccccc1OCC(C)OC. The molecule has 0 aromatic heterocycles. The Labute approximate surface area is 98.3 Å². The molecule has 0 aliphatic heterocycles. The van der Waals surface area contributed by atoms with Gasteiger partial charge in [-0.1, -0.05) is 26.0 Å². The molecule has 0 saturated heterocycles. The molecule has 1 aromatic rings. The molecule has 92 valence electrons. The molecule has 0 spiro atoms. The van der Waals surface area contributed by atoms with Crippen molar-refractivity contribution >= 4 is 0 Å². The molecule has 0 radical (unpaired) electrons. The van der Waals surface area contributed by atoms with Crippen molar-refractivity contribution in [1.29, 1.82) is 0 Å². The van der Waals surface area contributed by atoms with E-state index in [-0.39, 0.29) is 6.10 Å². The van der Waals surface area contributed by atoms with Gasteiger partial charge < -0.3 is 14.2 Å². The molecule has 0 amide bonds. The van der Waals surface area contributed by atoms with E-state index in [4.69, 9.17) is 14.2 Å². The van der Waals surface area contributed by atoms with E-state index < -0.39 is 0 Å². The lowest BCUT2D eigenvalue weighted by Crippen LogP contribution is -2.16. The summed E-state index contributed by atoms with van der Waals surface area (Å²) < 4.78 is 15.8. The van der Waals surface area contributed by atoms with Crippen molar-refractivity contribution in [3.63, 3.8) is 0 Å². The number of para-hydroxylation sites is 2. The molecule has 1 aromatic carbocycles. The fourth-order valence-electron chi connectivity index (χ4n) is 1.01. The number of benzene rings is 1. The van der Waals surface area contributed by atoms with Crippen LogP contribution >= 0.6 is 0 Å². The van der Waals surface area contributed by atoms with Crippen molar-refractivity contribution in [2.24, 2.45) is 0 Å². The monoisotopic (exact) mass is 226 g/mol. The van der Waals surface area contributed by atoms with Crippen LogP contribution in [0.2, 0.25) is 0 Å². The Morgan fingerprint density at radius 3 is 2.12 bits per heavy atom. The van der Waals surface area contributed by atoms with Crippen LogP contribution < -0.4 is 9.47 Å². The van der Waals surface area contributed by atoms with E-state index >= 15 is 0 Å². The van der Waals surface area contributed by atoms with Crippen molar-refractivity contribution in [2.45, 2.75) is 26.9 Å². The Kier molecular flexibility index (Phi) is 8.35. The minimum atomic E-state index is 0.0833. The number of rotatable bonds is 5. The number of hydrogen-bond acceptors (Lipinski definition) is 3. The van der Waals surface area contributed by atoms with Gasteiger partial charge in [0.1, 0.15) is 6.61 Å². The summed E-state index contributed by atoms with van der Waals surface area (Å²) in [6.07, 6.45) is 0.0833. The molecular weight excluding hydrogens is 204 g/mol. The molecular formula is C13H22O3. The maximum Gasteiger partial charge on any atom is 0.161 e. The van der Waals surface area contributed by atoms with Gasteiger partial charge in [-0.3, -0.25) is 0 Å². The van der Waals surface area contributed by atoms with Gasteiger partial charge >= 0.3 is 0 Å². The Morgan fingerprint density at radius 2 is 1.62 bits per heavy atom. The molecule has 3 heteroatoms. The van der Waals surface area contributed by atoms with Crippen molar-refractivity contribution in [2.75, 3.05) is 20.8 Å². The van der Waals surface area contributed by atoms with Crippen molar-refractivity contribution in [3.05, 3.63) is 24.3 Å². The van der Waals surface area contributed by atoms with Crippen molar-refractivity contribution in [3.8, 4) is 11.5 Å². The summed E-state index contributed by atoms with van der Waals surface area (Å²) >= 11 is 0. The predicted octanol–water partition coefficient (Wildman–Crippen LogP) is 3.14. The van der Waals surface area contributed by atoms with Crippen LogP contribution in [-0.2, 0) is 4.74 Å². The Bertz CT molecular complexity index is 274. The predicted molar refractivity (Wildman–Crippen MR) is 66.3 cm³/mol. The second-order valence-corrected chi connectivity index (χ2v) is 3.01. The van der Waals surface area contributed by atoms with E-state index in [1.807, 2.05) is 45.0 Å². The first kappa shape index (κ1) is 14.8. The molecule has 0 saturated carbocycles. The van der Waals surface area contributed by atoms with Crippen LogP contribution in [0.1, 0.15) is 20.8 Å². The summed E-state index contributed by atoms with van der Waals surface area (Å²) in [6.45, 7) is 6.48. The third-order valence-corrected chi connectivity index (χ3v) is 1.94. The lowest BCUT2D eigenvalue weighted by atomic mass is 10.3. The van der Waals surface area contributed by atoms with Gasteiger partial charge in [-0.25, -0.2) is 0 Å². The first-order chi connectivity index (χ1) is 7.77. The zero-order chi connectivity index (χ0) is 12.4. The summed E-state index contributed by atoms with van der Waals surface area (Å²) in [7, 11) is 3.29. The average Bonchev–Trinajstić information content (AvgIpc) is 2.38. The molecule has 0 aliphatic carbocycles. The first-order valence-electron chi connectivity index (χ1n) is 5.56. The maximum absolute atomic E-state index is 5.53. The molecule has 1 unspecified atom stereocenters. The summed E-state index contributed by atoms with van der Waals surface area (Å²) in [4.78, 5) is 0. The second-order valence-electron chi connectivity index (χ2n) is 3.01. The zero-order valence-electron chi connectivity index (χ0n) is 10.8. The second kappa shape index (κ2) is 9.04. The van der Waals surface area contributed by atoms with Gasteiger partial charge in [0, 0.05) is 7.11 Å². The van der Waals surface area contributed by atoms with Gasteiger partial charge in [0.05, 0.1) is 13.2 Å². The molecule has 0 aliphatic rings. The van der Waals surface area contributed by atoms with Crippen LogP contribution in [0.15, 0.2) is 24.3 Å². The van der Waals surface area contributed by atoms with Crippen LogP contribution in [-0.4, -0.2) is 26.9 Å². The largest absolute Gasteiger partial charge is 0.493 e. The van der Waals surface area contributed by atoms with Gasteiger partial charge in [0.2, 0.25) is 0 Å². The van der Waals surface area contributed by atoms with E-state index in [0.717, 1.165) is 11.5 Å². The van der Waals surface area contributed by atoms with Crippen molar-refractivity contribution < 1.29 is 14.2 Å². The minimum absolute atomic E-state index is 0.0833. The highest BCUT2D eigenvalue weighted by molar-refractivity contribution is 5.39. The fourth-order valence-corrected chi connectivity index (χ4v) is 1.01. The zero-order valence-corrected chi connectivity index (χ0v) is 10.8. The van der Waals surface area contributed by atoms with Crippen LogP contribution in [0.3, 0.4) is 0 Å². The van der Waals surface area contributed by atoms with Crippen LogP contribution in [0.4, 0.5) is 0 Å². The third-order valence-electron chi connectivity index (χ3n) is 1.94. The Hall–Kier alpha value is -1.22. The Morgan fingerprint density at radius 1 is 1.06 bits per heavy atom. The quantitative estimate of drug-likeness (QED) is 0.772. The lowest BCUT2D eigenvalue weighted by Gasteiger charge is -2.13. The van der Waals surface area contributed by atoms with Gasteiger partial charge in [-0.05, 0) is 19.1 Å². The van der Waals surface area contributed by atoms with E-state index in [1.165, 1.54) is 0 Å². The molecule has 0 N–H and O–H groups in total. The molecule has 0 bridgehead atoms. The highest BCUT2D eigenvalue weighted by Crippen LogP contribution is 2.25. The van der Waals surface area contributed by atoms with E-state index in [1.54, 1.807) is 14.2 Å². The highest BCUT2D eigenvalue weighted by atomic mass is 16.5. The molecule has 1 atom stereocenters. The minimum Gasteiger partial charge on any atom is -0.493 e. The molecule has 16 heavy (non-hydrogen) atoms. The van der Waals surface area contributed by atoms with Crippen molar-refractivity contribution in [1.82, 2.24) is 0 Å². The third kappa shape index (κ3) is 5.03. The topological polar surface area (TPSA) is 27.7 Å².